The van der Waals surface area contributed by atoms with Crippen LogP contribution in [0.25, 0.3) is 0 Å². The molecule has 1 saturated carbocycles. The lowest BCUT2D eigenvalue weighted by Gasteiger charge is -2.28. The lowest BCUT2D eigenvalue weighted by Crippen LogP contribution is -2.21. The zero-order valence-electron chi connectivity index (χ0n) is 12.4. The van der Waals surface area contributed by atoms with Crippen LogP contribution in [0.15, 0.2) is 24.3 Å². The number of ketones is 1. The Morgan fingerprint density at radius 1 is 1.10 bits per heavy atom. The second-order valence-corrected chi connectivity index (χ2v) is 6.02. The highest BCUT2D eigenvalue weighted by atomic mass is 19.1. The van der Waals surface area contributed by atoms with Crippen LogP contribution in [0.3, 0.4) is 0 Å². The average molecular weight is 276 g/mol. The molecule has 110 valence electrons. The predicted molar refractivity (Wildman–Crippen MR) is 80.2 cm³/mol. The quantitative estimate of drug-likeness (QED) is 0.649. The minimum absolute atomic E-state index is 0.173. The summed E-state index contributed by atoms with van der Waals surface area (Å²) in [7, 11) is 0. The van der Waals surface area contributed by atoms with Crippen LogP contribution in [0, 0.1) is 11.7 Å². The first kappa shape index (κ1) is 15.2. The van der Waals surface area contributed by atoms with E-state index in [0.29, 0.717) is 11.7 Å². The number of rotatable bonds is 6. The van der Waals surface area contributed by atoms with Crippen molar-refractivity contribution in [2.75, 3.05) is 0 Å². The second kappa shape index (κ2) is 7.56. The van der Waals surface area contributed by atoms with Gasteiger partial charge >= 0.3 is 0 Å². The van der Waals surface area contributed by atoms with Crippen LogP contribution < -0.4 is 0 Å². The van der Waals surface area contributed by atoms with Crippen molar-refractivity contribution in [3.05, 3.63) is 35.6 Å². The van der Waals surface area contributed by atoms with E-state index in [0.717, 1.165) is 44.9 Å². The third-order valence-corrected chi connectivity index (χ3v) is 4.55. The number of Topliss-reactive ketones (excluding diaryl/α,β-unsaturated/α-hetero) is 1. The molecule has 0 amide bonds. The van der Waals surface area contributed by atoms with Crippen LogP contribution in [-0.2, 0) is 4.79 Å². The molecule has 1 aromatic rings. The second-order valence-electron chi connectivity index (χ2n) is 6.02. The fourth-order valence-electron chi connectivity index (χ4n) is 3.24. The zero-order valence-corrected chi connectivity index (χ0v) is 12.4. The van der Waals surface area contributed by atoms with Crippen LogP contribution in [0.4, 0.5) is 4.39 Å². The van der Waals surface area contributed by atoms with Gasteiger partial charge in [-0.2, -0.15) is 0 Å². The van der Waals surface area contributed by atoms with E-state index < -0.39 is 0 Å². The van der Waals surface area contributed by atoms with E-state index >= 15 is 0 Å². The van der Waals surface area contributed by atoms with Gasteiger partial charge in [0.2, 0.25) is 0 Å². The summed E-state index contributed by atoms with van der Waals surface area (Å²) in [5.41, 5.74) is 1.23. The van der Waals surface area contributed by atoms with E-state index in [9.17, 15) is 9.18 Å². The van der Waals surface area contributed by atoms with Gasteiger partial charge in [-0.3, -0.25) is 4.79 Å². The zero-order chi connectivity index (χ0) is 14.4. The minimum atomic E-state index is -0.173. The topological polar surface area (TPSA) is 17.1 Å². The molecule has 1 fully saturated rings. The Bertz CT molecular complexity index is 416. The van der Waals surface area contributed by atoms with E-state index in [1.807, 2.05) is 12.1 Å². The van der Waals surface area contributed by atoms with Crippen LogP contribution in [0.1, 0.15) is 69.8 Å². The van der Waals surface area contributed by atoms with Gasteiger partial charge in [-0.15, -0.1) is 0 Å². The maximum atomic E-state index is 12.9. The van der Waals surface area contributed by atoms with Gasteiger partial charge in [-0.25, -0.2) is 4.39 Å². The van der Waals surface area contributed by atoms with Gasteiger partial charge in [0.05, 0.1) is 0 Å². The standard InChI is InChI=1S/C18H25FO/c1-2-3-4-5-18(20)16-8-6-14(7-9-16)15-10-12-17(19)13-11-15/h10-14,16H,2-9H2,1H3. The molecule has 0 aliphatic heterocycles. The van der Waals surface area contributed by atoms with Gasteiger partial charge in [0, 0.05) is 12.3 Å². The summed E-state index contributed by atoms with van der Waals surface area (Å²) in [6, 6.07) is 6.86. The average Bonchev–Trinajstić information content (AvgIpc) is 2.48. The SMILES string of the molecule is CCCCCC(=O)C1CCC(c2ccc(F)cc2)CC1. The predicted octanol–water partition coefficient (Wildman–Crippen LogP) is 5.25. The van der Waals surface area contributed by atoms with Crippen molar-refractivity contribution in [1.29, 1.82) is 0 Å². The van der Waals surface area contributed by atoms with Crippen molar-refractivity contribution in [3.8, 4) is 0 Å². The van der Waals surface area contributed by atoms with E-state index in [1.165, 1.54) is 24.1 Å². The van der Waals surface area contributed by atoms with E-state index in [-0.39, 0.29) is 11.7 Å². The number of carbonyl (C=O) groups is 1. The van der Waals surface area contributed by atoms with E-state index in [2.05, 4.69) is 6.92 Å². The molecule has 0 spiro atoms. The van der Waals surface area contributed by atoms with Crippen LogP contribution in [-0.4, -0.2) is 5.78 Å². The van der Waals surface area contributed by atoms with Crippen LogP contribution in [0.2, 0.25) is 0 Å². The van der Waals surface area contributed by atoms with E-state index in [4.69, 9.17) is 0 Å². The van der Waals surface area contributed by atoms with Gasteiger partial charge in [0.15, 0.2) is 0 Å². The monoisotopic (exact) mass is 276 g/mol. The molecular weight excluding hydrogens is 251 g/mol. The number of benzene rings is 1. The molecule has 2 rings (SSSR count). The van der Waals surface area contributed by atoms with Gasteiger partial charge in [0.1, 0.15) is 11.6 Å². The van der Waals surface area contributed by atoms with Crippen LogP contribution >= 0.6 is 0 Å². The van der Waals surface area contributed by atoms with Gasteiger partial charge in [0.25, 0.3) is 0 Å². The summed E-state index contributed by atoms with van der Waals surface area (Å²) < 4.78 is 12.9. The lowest BCUT2D eigenvalue weighted by atomic mass is 9.76. The Kier molecular flexibility index (Phi) is 5.75. The highest BCUT2D eigenvalue weighted by Crippen LogP contribution is 2.36. The highest BCUT2D eigenvalue weighted by molar-refractivity contribution is 5.81. The third-order valence-electron chi connectivity index (χ3n) is 4.55. The van der Waals surface area contributed by atoms with Crippen molar-refractivity contribution in [2.24, 2.45) is 5.92 Å². The molecule has 1 aliphatic carbocycles. The van der Waals surface area contributed by atoms with Gasteiger partial charge in [-0.1, -0.05) is 31.9 Å². The first-order valence-corrected chi connectivity index (χ1v) is 7.99. The van der Waals surface area contributed by atoms with Gasteiger partial charge < -0.3 is 0 Å². The molecule has 0 bridgehead atoms. The molecule has 0 unspecified atom stereocenters. The first-order chi connectivity index (χ1) is 9.70. The molecule has 20 heavy (non-hydrogen) atoms. The molecule has 0 saturated heterocycles. The van der Waals surface area contributed by atoms with Crippen molar-refractivity contribution >= 4 is 5.78 Å². The molecular formula is C18H25FO. The molecule has 0 aromatic heterocycles. The molecule has 0 atom stereocenters. The third kappa shape index (κ3) is 4.16. The molecule has 0 radical (unpaired) electrons. The summed E-state index contributed by atoms with van der Waals surface area (Å²) in [5.74, 6) is 1.09. The smallest absolute Gasteiger partial charge is 0.135 e. The van der Waals surface area contributed by atoms with Crippen molar-refractivity contribution < 1.29 is 9.18 Å². The van der Waals surface area contributed by atoms with Crippen molar-refractivity contribution in [3.63, 3.8) is 0 Å². The number of unbranched alkanes of at least 4 members (excludes halogenated alkanes) is 2. The van der Waals surface area contributed by atoms with Crippen LogP contribution in [0.5, 0.6) is 0 Å². The van der Waals surface area contributed by atoms with Gasteiger partial charge in [-0.05, 0) is 55.7 Å². The Morgan fingerprint density at radius 3 is 2.35 bits per heavy atom. The summed E-state index contributed by atoms with van der Waals surface area (Å²) in [5, 5.41) is 0. The summed E-state index contributed by atoms with van der Waals surface area (Å²) in [4.78, 5) is 12.1. The fraction of sp³-hybridized carbons (Fsp3) is 0.611. The Labute approximate surface area is 121 Å². The van der Waals surface area contributed by atoms with Crippen molar-refractivity contribution in [1.82, 2.24) is 0 Å². The molecule has 1 aliphatic rings. The number of hydrogen-bond acceptors (Lipinski definition) is 1. The molecule has 0 N–H and O–H groups in total. The number of hydrogen-bond donors (Lipinski definition) is 0. The Morgan fingerprint density at radius 2 is 1.75 bits per heavy atom. The minimum Gasteiger partial charge on any atom is -0.299 e. The van der Waals surface area contributed by atoms with E-state index in [1.54, 1.807) is 0 Å². The maximum absolute atomic E-state index is 12.9. The molecule has 1 aromatic carbocycles. The number of halogens is 1. The Hall–Kier alpha value is -1.18. The summed E-state index contributed by atoms with van der Waals surface area (Å²) >= 11 is 0. The molecule has 2 heteroatoms. The summed E-state index contributed by atoms with van der Waals surface area (Å²) in [6.07, 6.45) is 8.29. The molecule has 0 heterocycles. The first-order valence-electron chi connectivity index (χ1n) is 7.99. The fourth-order valence-corrected chi connectivity index (χ4v) is 3.24. The maximum Gasteiger partial charge on any atom is 0.135 e. The lowest BCUT2D eigenvalue weighted by molar-refractivity contribution is -0.124. The summed E-state index contributed by atoms with van der Waals surface area (Å²) in [6.45, 7) is 2.17. The largest absolute Gasteiger partial charge is 0.299 e. The normalized spacial score (nSPS) is 22.7. The highest BCUT2D eigenvalue weighted by Gasteiger charge is 2.26. The Balaban J connectivity index is 1.80. The van der Waals surface area contributed by atoms with Crippen molar-refractivity contribution in [2.45, 2.75) is 64.2 Å². The molecule has 1 nitrogen and oxygen atoms in total. The number of carbonyl (C=O) groups excluding carboxylic acids is 1.